The summed E-state index contributed by atoms with van der Waals surface area (Å²) in [5.74, 6) is 0.663. The van der Waals surface area contributed by atoms with E-state index in [1.165, 1.54) is 0 Å². The monoisotopic (exact) mass is 408 g/mol. The molecule has 7 nitrogen and oxygen atoms in total. The number of sulfonamides is 1. The Labute approximate surface area is 156 Å². The van der Waals surface area contributed by atoms with Gasteiger partial charge in [-0.3, -0.25) is 0 Å². The number of phenols is 1. The maximum absolute atomic E-state index is 12.6. The molecule has 1 heterocycles. The fourth-order valence-corrected chi connectivity index (χ4v) is 3.66. The summed E-state index contributed by atoms with van der Waals surface area (Å²) < 4.78 is 61.2. The quantitative estimate of drug-likeness (QED) is 0.510. The van der Waals surface area contributed by atoms with E-state index >= 15 is 0 Å². The van der Waals surface area contributed by atoms with Gasteiger partial charge in [-0.25, -0.2) is 13.4 Å². The van der Waals surface area contributed by atoms with Crippen LogP contribution in [0.3, 0.4) is 0 Å². The standard InChI is InChI=1S/C16H23F3N4O3S/c1-2-20-15(21-11-12-3-5-14(24)6-4-12)22-13-7-9-23(10-8-13)27(25,26)16(17,18)19/h3-6,13,24H,2,7-11H2,1H3,(H2,20,21,22). The normalized spacial score (nSPS) is 17.7. The van der Waals surface area contributed by atoms with Gasteiger partial charge in [0.15, 0.2) is 5.96 Å². The van der Waals surface area contributed by atoms with Crippen LogP contribution in [0.2, 0.25) is 0 Å². The molecule has 0 bridgehead atoms. The van der Waals surface area contributed by atoms with Gasteiger partial charge in [0.05, 0.1) is 6.54 Å². The molecular weight excluding hydrogens is 385 g/mol. The summed E-state index contributed by atoms with van der Waals surface area (Å²) in [5, 5.41) is 15.5. The maximum atomic E-state index is 12.6. The van der Waals surface area contributed by atoms with Gasteiger partial charge >= 0.3 is 15.5 Å². The van der Waals surface area contributed by atoms with Crippen LogP contribution < -0.4 is 10.6 Å². The van der Waals surface area contributed by atoms with Crippen LogP contribution >= 0.6 is 0 Å². The third kappa shape index (κ3) is 5.73. The Morgan fingerprint density at radius 2 is 1.85 bits per heavy atom. The molecule has 1 fully saturated rings. The number of rotatable bonds is 5. The lowest BCUT2D eigenvalue weighted by Gasteiger charge is -2.32. The van der Waals surface area contributed by atoms with E-state index in [1.807, 2.05) is 6.92 Å². The third-order valence-corrected chi connectivity index (χ3v) is 5.76. The minimum absolute atomic E-state index is 0.160. The van der Waals surface area contributed by atoms with E-state index in [4.69, 9.17) is 0 Å². The lowest BCUT2D eigenvalue weighted by Crippen LogP contribution is -2.51. The van der Waals surface area contributed by atoms with Crippen LogP contribution in [0.5, 0.6) is 5.75 Å². The first-order valence-electron chi connectivity index (χ1n) is 8.52. The molecule has 1 aromatic rings. The highest BCUT2D eigenvalue weighted by molar-refractivity contribution is 7.90. The molecule has 27 heavy (non-hydrogen) atoms. The molecule has 0 saturated carbocycles. The number of piperidine rings is 1. The second-order valence-corrected chi connectivity index (χ2v) is 8.06. The number of alkyl halides is 3. The number of aromatic hydroxyl groups is 1. The molecule has 0 aromatic heterocycles. The highest BCUT2D eigenvalue weighted by Gasteiger charge is 2.50. The van der Waals surface area contributed by atoms with Crippen molar-refractivity contribution in [3.63, 3.8) is 0 Å². The summed E-state index contributed by atoms with van der Waals surface area (Å²) in [6.07, 6.45) is 0.498. The molecule has 1 aromatic carbocycles. The largest absolute Gasteiger partial charge is 0.511 e. The molecule has 1 saturated heterocycles. The predicted molar refractivity (Wildman–Crippen MR) is 95.6 cm³/mol. The molecule has 2 rings (SSSR count). The van der Waals surface area contributed by atoms with Crippen LogP contribution in [0, 0.1) is 0 Å². The maximum Gasteiger partial charge on any atom is 0.511 e. The third-order valence-electron chi connectivity index (χ3n) is 4.13. The first kappa shape index (κ1) is 21.3. The van der Waals surface area contributed by atoms with Crippen molar-refractivity contribution in [2.45, 2.75) is 37.9 Å². The summed E-state index contributed by atoms with van der Waals surface area (Å²) in [7, 11) is -5.27. The van der Waals surface area contributed by atoms with Gasteiger partial charge in [-0.1, -0.05) is 12.1 Å². The number of hydrogen-bond donors (Lipinski definition) is 3. The zero-order valence-corrected chi connectivity index (χ0v) is 15.6. The lowest BCUT2D eigenvalue weighted by atomic mass is 10.1. The second kappa shape index (κ2) is 8.79. The molecule has 0 amide bonds. The van der Waals surface area contributed by atoms with Crippen molar-refractivity contribution in [3.8, 4) is 5.75 Å². The Morgan fingerprint density at radius 1 is 1.26 bits per heavy atom. The highest BCUT2D eigenvalue weighted by Crippen LogP contribution is 2.28. The second-order valence-electron chi connectivity index (χ2n) is 6.13. The molecule has 152 valence electrons. The molecule has 0 unspecified atom stereocenters. The number of hydrogen-bond acceptors (Lipinski definition) is 4. The van der Waals surface area contributed by atoms with Gasteiger partial charge in [0, 0.05) is 25.7 Å². The summed E-state index contributed by atoms with van der Waals surface area (Å²) in [5.41, 5.74) is -4.38. The Balaban J connectivity index is 1.94. The molecular formula is C16H23F3N4O3S. The van der Waals surface area contributed by atoms with E-state index in [0.717, 1.165) is 5.56 Å². The number of aliphatic imine (C=N–C) groups is 1. The number of benzene rings is 1. The molecule has 0 atom stereocenters. The molecule has 0 spiro atoms. The fraction of sp³-hybridized carbons (Fsp3) is 0.562. The van der Waals surface area contributed by atoms with E-state index in [1.54, 1.807) is 24.3 Å². The Hall–Kier alpha value is -2.01. The summed E-state index contributed by atoms with van der Waals surface area (Å²) in [6.45, 7) is 2.45. The van der Waals surface area contributed by atoms with Crippen LogP contribution in [0.25, 0.3) is 0 Å². The van der Waals surface area contributed by atoms with Gasteiger partial charge in [-0.2, -0.15) is 17.5 Å². The minimum atomic E-state index is -5.27. The van der Waals surface area contributed by atoms with Crippen molar-refractivity contribution in [1.82, 2.24) is 14.9 Å². The smallest absolute Gasteiger partial charge is 0.508 e. The Bertz CT molecular complexity index is 743. The minimum Gasteiger partial charge on any atom is -0.508 e. The van der Waals surface area contributed by atoms with Gasteiger partial charge in [0.25, 0.3) is 0 Å². The van der Waals surface area contributed by atoms with E-state index in [2.05, 4.69) is 15.6 Å². The van der Waals surface area contributed by atoms with Crippen LogP contribution in [0.15, 0.2) is 29.3 Å². The van der Waals surface area contributed by atoms with Crippen LogP contribution in [0.1, 0.15) is 25.3 Å². The number of guanidine groups is 1. The zero-order valence-electron chi connectivity index (χ0n) is 14.8. The van der Waals surface area contributed by atoms with Crippen molar-refractivity contribution in [2.24, 2.45) is 4.99 Å². The lowest BCUT2D eigenvalue weighted by molar-refractivity contribution is -0.0494. The fourth-order valence-electron chi connectivity index (χ4n) is 2.67. The van der Waals surface area contributed by atoms with Crippen LogP contribution in [-0.4, -0.2) is 55.0 Å². The summed E-state index contributed by atoms with van der Waals surface area (Å²) in [6, 6.07) is 6.41. The Morgan fingerprint density at radius 3 is 2.37 bits per heavy atom. The number of nitrogens with one attached hydrogen (secondary N) is 2. The highest BCUT2D eigenvalue weighted by atomic mass is 32.2. The van der Waals surface area contributed by atoms with Crippen molar-refractivity contribution in [2.75, 3.05) is 19.6 Å². The predicted octanol–water partition coefficient (Wildman–Crippen LogP) is 1.76. The summed E-state index contributed by atoms with van der Waals surface area (Å²) >= 11 is 0. The van der Waals surface area contributed by atoms with Crippen LogP contribution in [-0.2, 0) is 16.6 Å². The number of phenolic OH excluding ortho intramolecular Hbond substituents is 1. The molecule has 0 aliphatic carbocycles. The average molecular weight is 408 g/mol. The van der Waals surface area contributed by atoms with Crippen molar-refractivity contribution < 1.29 is 26.7 Å². The average Bonchev–Trinajstić information content (AvgIpc) is 2.61. The van der Waals surface area contributed by atoms with Gasteiger partial charge < -0.3 is 15.7 Å². The van der Waals surface area contributed by atoms with Crippen molar-refractivity contribution in [3.05, 3.63) is 29.8 Å². The first-order valence-corrected chi connectivity index (χ1v) is 9.96. The van der Waals surface area contributed by atoms with E-state index in [0.29, 0.717) is 23.4 Å². The Kier molecular flexibility index (Phi) is 6.93. The zero-order chi connectivity index (χ0) is 20.1. The summed E-state index contributed by atoms with van der Waals surface area (Å²) in [4.78, 5) is 4.42. The van der Waals surface area contributed by atoms with Gasteiger partial charge in [-0.15, -0.1) is 0 Å². The molecule has 3 N–H and O–H groups in total. The van der Waals surface area contributed by atoms with E-state index in [9.17, 15) is 26.7 Å². The molecule has 1 aliphatic rings. The van der Waals surface area contributed by atoms with E-state index in [-0.39, 0.29) is 37.7 Å². The van der Waals surface area contributed by atoms with Gasteiger partial charge in [0.2, 0.25) is 0 Å². The first-order chi connectivity index (χ1) is 12.6. The van der Waals surface area contributed by atoms with Crippen molar-refractivity contribution in [1.29, 1.82) is 0 Å². The number of halogens is 3. The number of nitrogens with zero attached hydrogens (tertiary/aromatic N) is 2. The molecule has 1 aliphatic heterocycles. The van der Waals surface area contributed by atoms with Crippen LogP contribution in [0.4, 0.5) is 13.2 Å². The van der Waals surface area contributed by atoms with Gasteiger partial charge in [0.1, 0.15) is 5.75 Å². The topological polar surface area (TPSA) is 94.0 Å². The molecule has 11 heteroatoms. The SMILES string of the molecule is CCNC(=NCc1ccc(O)cc1)NC1CCN(S(=O)(=O)C(F)(F)F)CC1. The van der Waals surface area contributed by atoms with Gasteiger partial charge in [-0.05, 0) is 37.5 Å². The molecule has 0 radical (unpaired) electrons. The van der Waals surface area contributed by atoms with Crippen molar-refractivity contribution >= 4 is 16.0 Å². The van der Waals surface area contributed by atoms with E-state index < -0.39 is 15.5 Å².